The monoisotopic (exact) mass is 256 g/mol. The molecule has 1 rings (SSSR count). The van der Waals surface area contributed by atoms with Crippen LogP contribution >= 0.6 is 0 Å². The van der Waals surface area contributed by atoms with Gasteiger partial charge in [-0.1, -0.05) is 6.92 Å². The number of likely N-dealkylation sites (tertiary alicyclic amines) is 1. The molecule has 0 aromatic rings. The minimum absolute atomic E-state index is 0.0315. The van der Waals surface area contributed by atoms with Gasteiger partial charge in [0.2, 0.25) is 11.8 Å². The van der Waals surface area contributed by atoms with Crippen LogP contribution in [0.25, 0.3) is 0 Å². The number of nitrogens with zero attached hydrogens (tertiary/aromatic N) is 1. The molecule has 2 amide bonds. The topological polar surface area (TPSA) is 86.7 Å². The number of rotatable bonds is 4. The predicted molar refractivity (Wildman–Crippen MR) is 64.8 cm³/mol. The number of carboxylic acids is 1. The maximum Gasteiger partial charge on any atom is 0.328 e. The molecule has 2 N–H and O–H groups in total. The van der Waals surface area contributed by atoms with Crippen LogP contribution in [0.4, 0.5) is 0 Å². The van der Waals surface area contributed by atoms with Gasteiger partial charge in [0.25, 0.3) is 0 Å². The number of carbonyl (C=O) groups excluding carboxylic acids is 2. The number of hydrogen-bond donors (Lipinski definition) is 2. The third-order valence-corrected chi connectivity index (χ3v) is 3.17. The Bertz CT molecular complexity index is 343. The molecule has 1 aliphatic heterocycles. The van der Waals surface area contributed by atoms with E-state index in [1.165, 1.54) is 11.8 Å². The van der Waals surface area contributed by atoms with E-state index in [2.05, 4.69) is 12.2 Å². The van der Waals surface area contributed by atoms with E-state index in [0.29, 0.717) is 18.9 Å². The van der Waals surface area contributed by atoms with Crippen molar-refractivity contribution in [3.8, 4) is 0 Å². The summed E-state index contributed by atoms with van der Waals surface area (Å²) in [7, 11) is 0. The molecule has 6 nitrogen and oxygen atoms in total. The van der Waals surface area contributed by atoms with Crippen molar-refractivity contribution >= 4 is 17.8 Å². The summed E-state index contributed by atoms with van der Waals surface area (Å²) in [5.41, 5.74) is 0. The Labute approximate surface area is 106 Å². The normalized spacial score (nSPS) is 22.2. The molecule has 102 valence electrons. The summed E-state index contributed by atoms with van der Waals surface area (Å²) in [5.74, 6) is -1.08. The summed E-state index contributed by atoms with van der Waals surface area (Å²) in [6.07, 6.45) is 2.17. The van der Waals surface area contributed by atoms with Crippen LogP contribution in [0, 0.1) is 5.92 Å². The molecule has 0 spiro atoms. The standard InChI is InChI=1S/C12H20N2O4/c1-8-3-4-11(16)14(6-5-8)7-10(12(17)18)13-9(2)15/h8,10H,3-7H2,1-2H3,(H,13,15)(H,17,18). The Morgan fingerprint density at radius 3 is 2.72 bits per heavy atom. The number of hydrogen-bond acceptors (Lipinski definition) is 3. The van der Waals surface area contributed by atoms with Crippen LogP contribution in [0.2, 0.25) is 0 Å². The number of nitrogens with one attached hydrogen (secondary N) is 1. The van der Waals surface area contributed by atoms with Gasteiger partial charge in [0, 0.05) is 19.9 Å². The molecule has 1 saturated heterocycles. The molecule has 6 heteroatoms. The smallest absolute Gasteiger partial charge is 0.328 e. The quantitative estimate of drug-likeness (QED) is 0.753. The summed E-state index contributed by atoms with van der Waals surface area (Å²) >= 11 is 0. The minimum Gasteiger partial charge on any atom is -0.480 e. The highest BCUT2D eigenvalue weighted by atomic mass is 16.4. The third kappa shape index (κ3) is 4.35. The summed E-state index contributed by atoms with van der Waals surface area (Å²) in [6.45, 7) is 3.95. The summed E-state index contributed by atoms with van der Waals surface area (Å²) in [5, 5.41) is 11.4. The number of carboxylic acid groups (broad SMARTS) is 1. The van der Waals surface area contributed by atoms with Crippen molar-refractivity contribution in [1.29, 1.82) is 0 Å². The predicted octanol–water partition coefficient (Wildman–Crippen LogP) is 0.224. The lowest BCUT2D eigenvalue weighted by atomic mass is 10.0. The van der Waals surface area contributed by atoms with E-state index < -0.39 is 17.9 Å². The fourth-order valence-corrected chi connectivity index (χ4v) is 2.02. The lowest BCUT2D eigenvalue weighted by Gasteiger charge is -2.24. The molecule has 0 bridgehead atoms. The van der Waals surface area contributed by atoms with Crippen LogP contribution < -0.4 is 5.32 Å². The second-order valence-electron chi connectivity index (χ2n) is 4.86. The largest absolute Gasteiger partial charge is 0.480 e. The van der Waals surface area contributed by atoms with Crippen molar-refractivity contribution in [2.24, 2.45) is 5.92 Å². The van der Waals surface area contributed by atoms with Crippen molar-refractivity contribution < 1.29 is 19.5 Å². The first-order valence-corrected chi connectivity index (χ1v) is 6.18. The minimum atomic E-state index is -1.12. The van der Waals surface area contributed by atoms with Crippen LogP contribution in [0.15, 0.2) is 0 Å². The Hall–Kier alpha value is -1.59. The van der Waals surface area contributed by atoms with Gasteiger partial charge in [-0.3, -0.25) is 9.59 Å². The molecule has 2 unspecified atom stereocenters. The Morgan fingerprint density at radius 1 is 1.50 bits per heavy atom. The summed E-state index contributed by atoms with van der Waals surface area (Å²) < 4.78 is 0. The lowest BCUT2D eigenvalue weighted by Crippen LogP contribution is -2.49. The van der Waals surface area contributed by atoms with E-state index in [1.807, 2.05) is 0 Å². The van der Waals surface area contributed by atoms with Gasteiger partial charge in [0.1, 0.15) is 6.04 Å². The van der Waals surface area contributed by atoms with Gasteiger partial charge in [-0.15, -0.1) is 0 Å². The molecule has 0 radical (unpaired) electrons. The fourth-order valence-electron chi connectivity index (χ4n) is 2.02. The average molecular weight is 256 g/mol. The Morgan fingerprint density at radius 2 is 2.17 bits per heavy atom. The number of aliphatic carboxylic acids is 1. The third-order valence-electron chi connectivity index (χ3n) is 3.17. The second kappa shape index (κ2) is 6.37. The van der Waals surface area contributed by atoms with Crippen molar-refractivity contribution in [3.05, 3.63) is 0 Å². The first-order chi connectivity index (χ1) is 8.40. The van der Waals surface area contributed by atoms with Gasteiger partial charge in [-0.25, -0.2) is 4.79 Å². The van der Waals surface area contributed by atoms with Crippen molar-refractivity contribution in [1.82, 2.24) is 10.2 Å². The first-order valence-electron chi connectivity index (χ1n) is 6.18. The van der Waals surface area contributed by atoms with E-state index in [4.69, 9.17) is 5.11 Å². The Kier molecular flexibility index (Phi) is 5.12. The van der Waals surface area contributed by atoms with Gasteiger partial charge in [-0.2, -0.15) is 0 Å². The van der Waals surface area contributed by atoms with Crippen LogP contribution in [-0.2, 0) is 14.4 Å². The molecule has 1 aliphatic rings. The highest BCUT2D eigenvalue weighted by Gasteiger charge is 2.26. The van der Waals surface area contributed by atoms with Crippen molar-refractivity contribution in [3.63, 3.8) is 0 Å². The number of carbonyl (C=O) groups is 3. The van der Waals surface area contributed by atoms with Crippen LogP contribution in [0.3, 0.4) is 0 Å². The van der Waals surface area contributed by atoms with Crippen molar-refractivity contribution in [2.75, 3.05) is 13.1 Å². The van der Waals surface area contributed by atoms with Crippen molar-refractivity contribution in [2.45, 2.75) is 39.2 Å². The molecule has 0 aromatic heterocycles. The van der Waals surface area contributed by atoms with E-state index in [-0.39, 0.29) is 12.5 Å². The van der Waals surface area contributed by atoms with Gasteiger partial charge in [0.05, 0.1) is 6.54 Å². The second-order valence-corrected chi connectivity index (χ2v) is 4.86. The van der Waals surface area contributed by atoms with E-state index in [0.717, 1.165) is 12.8 Å². The molecule has 2 atom stereocenters. The summed E-state index contributed by atoms with van der Waals surface area (Å²) in [6, 6.07) is -1.03. The molecule has 18 heavy (non-hydrogen) atoms. The van der Waals surface area contributed by atoms with E-state index in [1.54, 1.807) is 0 Å². The van der Waals surface area contributed by atoms with Crippen LogP contribution in [0.1, 0.15) is 33.1 Å². The SMILES string of the molecule is CC(=O)NC(CN1CCC(C)CCC1=O)C(=O)O. The fraction of sp³-hybridized carbons (Fsp3) is 0.750. The van der Waals surface area contributed by atoms with Gasteiger partial charge in [-0.05, 0) is 18.8 Å². The molecule has 1 heterocycles. The molecular weight excluding hydrogens is 236 g/mol. The van der Waals surface area contributed by atoms with E-state index >= 15 is 0 Å². The molecule has 1 fully saturated rings. The number of amides is 2. The molecule has 0 aromatic carbocycles. The lowest BCUT2D eigenvalue weighted by molar-refractivity contribution is -0.143. The van der Waals surface area contributed by atoms with Crippen LogP contribution in [0.5, 0.6) is 0 Å². The zero-order valence-corrected chi connectivity index (χ0v) is 10.8. The summed E-state index contributed by atoms with van der Waals surface area (Å²) in [4.78, 5) is 35.3. The van der Waals surface area contributed by atoms with Gasteiger partial charge < -0.3 is 15.3 Å². The maximum atomic E-state index is 11.8. The van der Waals surface area contributed by atoms with Gasteiger partial charge >= 0.3 is 5.97 Å². The highest BCUT2D eigenvalue weighted by Crippen LogP contribution is 2.17. The first kappa shape index (κ1) is 14.5. The van der Waals surface area contributed by atoms with E-state index in [9.17, 15) is 14.4 Å². The highest BCUT2D eigenvalue weighted by molar-refractivity contribution is 5.83. The van der Waals surface area contributed by atoms with Crippen LogP contribution in [-0.4, -0.2) is 46.9 Å². The molecular formula is C12H20N2O4. The molecule has 0 saturated carbocycles. The Balaban J connectivity index is 2.64. The average Bonchev–Trinajstić information content (AvgIpc) is 2.42. The molecule has 0 aliphatic carbocycles. The van der Waals surface area contributed by atoms with Gasteiger partial charge in [0.15, 0.2) is 0 Å². The maximum absolute atomic E-state index is 11.8. The zero-order valence-electron chi connectivity index (χ0n) is 10.8. The zero-order chi connectivity index (χ0) is 13.7.